The number of ether oxygens (including phenoxy) is 1. The molecule has 0 aliphatic rings. The van der Waals surface area contributed by atoms with Crippen molar-refractivity contribution in [2.24, 2.45) is 0 Å². The summed E-state index contributed by atoms with van der Waals surface area (Å²) in [6.07, 6.45) is -0.0130. The quantitative estimate of drug-likeness (QED) is 0.827. The van der Waals surface area contributed by atoms with Gasteiger partial charge >= 0.3 is 5.97 Å². The molecule has 0 aliphatic heterocycles. The Bertz CT molecular complexity index is 356. The molecule has 1 N–H and O–H groups in total. The Kier molecular flexibility index (Phi) is 3.35. The Morgan fingerprint density at radius 1 is 1.47 bits per heavy atom. The first-order chi connectivity index (χ1) is 6.89. The minimum absolute atomic E-state index is 0.0130. The molecule has 1 aromatic carbocycles. The molecule has 1 rings (SSSR count). The highest BCUT2D eigenvalue weighted by Gasteiger charge is 2.23. The summed E-state index contributed by atoms with van der Waals surface area (Å²) in [6.45, 7) is 5.50. The summed E-state index contributed by atoms with van der Waals surface area (Å²) in [6, 6.07) is 7.58. The maximum Gasteiger partial charge on any atom is 0.307 e. The van der Waals surface area contributed by atoms with E-state index in [0.29, 0.717) is 5.75 Å². The van der Waals surface area contributed by atoms with Crippen LogP contribution < -0.4 is 4.74 Å². The summed E-state index contributed by atoms with van der Waals surface area (Å²) < 4.78 is 5.61. The van der Waals surface area contributed by atoms with Crippen molar-refractivity contribution < 1.29 is 14.6 Å². The van der Waals surface area contributed by atoms with Crippen LogP contribution in [0.3, 0.4) is 0 Å². The van der Waals surface area contributed by atoms with Gasteiger partial charge in [-0.2, -0.15) is 0 Å². The highest BCUT2D eigenvalue weighted by atomic mass is 16.5. The molecule has 0 saturated carbocycles. The summed E-state index contributed by atoms with van der Waals surface area (Å²) >= 11 is 0. The zero-order chi connectivity index (χ0) is 11.5. The Labute approximate surface area is 89.7 Å². The van der Waals surface area contributed by atoms with Crippen LogP contribution in [0.1, 0.15) is 25.8 Å². The van der Waals surface area contributed by atoms with Gasteiger partial charge in [0.1, 0.15) is 11.4 Å². The van der Waals surface area contributed by atoms with E-state index in [9.17, 15) is 4.79 Å². The summed E-state index contributed by atoms with van der Waals surface area (Å²) in [4.78, 5) is 10.6. The van der Waals surface area contributed by atoms with Crippen molar-refractivity contribution in [3.05, 3.63) is 29.8 Å². The van der Waals surface area contributed by atoms with E-state index in [2.05, 4.69) is 0 Å². The number of carboxylic acid groups (broad SMARTS) is 1. The number of hydrogen-bond donors (Lipinski definition) is 1. The van der Waals surface area contributed by atoms with Crippen molar-refractivity contribution in [1.29, 1.82) is 0 Å². The third-order valence-electron chi connectivity index (χ3n) is 1.96. The molecule has 0 heterocycles. The lowest BCUT2D eigenvalue weighted by atomic mass is 10.1. The molecule has 0 amide bonds. The SMILES string of the molecule is Cc1cccc(OC(C)(C)CC(=O)O)c1. The van der Waals surface area contributed by atoms with Gasteiger partial charge in [-0.3, -0.25) is 4.79 Å². The average Bonchev–Trinajstić information content (AvgIpc) is 1.99. The monoisotopic (exact) mass is 208 g/mol. The number of aliphatic carboxylic acids is 1. The van der Waals surface area contributed by atoms with E-state index < -0.39 is 11.6 Å². The van der Waals surface area contributed by atoms with Crippen LogP contribution in [0.5, 0.6) is 5.75 Å². The van der Waals surface area contributed by atoms with Crippen LogP contribution >= 0.6 is 0 Å². The summed E-state index contributed by atoms with van der Waals surface area (Å²) in [5.74, 6) is -0.145. The number of benzene rings is 1. The smallest absolute Gasteiger partial charge is 0.307 e. The first kappa shape index (κ1) is 11.6. The second-order valence-electron chi connectivity index (χ2n) is 4.25. The maximum atomic E-state index is 10.6. The number of carbonyl (C=O) groups is 1. The molecule has 0 aliphatic carbocycles. The van der Waals surface area contributed by atoms with Gasteiger partial charge in [-0.15, -0.1) is 0 Å². The molecule has 0 radical (unpaired) electrons. The third-order valence-corrected chi connectivity index (χ3v) is 1.96. The first-order valence-corrected chi connectivity index (χ1v) is 4.86. The van der Waals surface area contributed by atoms with Gasteiger partial charge in [-0.25, -0.2) is 0 Å². The van der Waals surface area contributed by atoms with E-state index in [1.54, 1.807) is 13.8 Å². The second kappa shape index (κ2) is 4.34. The van der Waals surface area contributed by atoms with Gasteiger partial charge < -0.3 is 9.84 Å². The van der Waals surface area contributed by atoms with Crippen LogP contribution in [0.15, 0.2) is 24.3 Å². The van der Waals surface area contributed by atoms with Crippen molar-refractivity contribution in [3.63, 3.8) is 0 Å². The molecule has 3 nitrogen and oxygen atoms in total. The number of carboxylic acids is 1. The summed E-state index contributed by atoms with van der Waals surface area (Å²) in [7, 11) is 0. The Morgan fingerprint density at radius 3 is 2.67 bits per heavy atom. The topological polar surface area (TPSA) is 46.5 Å². The molecular weight excluding hydrogens is 192 g/mol. The van der Waals surface area contributed by atoms with E-state index in [0.717, 1.165) is 5.56 Å². The predicted octanol–water partition coefficient (Wildman–Crippen LogP) is 2.63. The molecule has 15 heavy (non-hydrogen) atoms. The minimum Gasteiger partial charge on any atom is -0.487 e. The van der Waals surface area contributed by atoms with Gasteiger partial charge in [-0.05, 0) is 38.5 Å². The summed E-state index contributed by atoms with van der Waals surface area (Å²) in [5, 5.41) is 8.70. The highest BCUT2D eigenvalue weighted by Crippen LogP contribution is 2.21. The normalized spacial score (nSPS) is 11.1. The Hall–Kier alpha value is -1.51. The van der Waals surface area contributed by atoms with Crippen LogP contribution in [0.2, 0.25) is 0 Å². The molecule has 3 heteroatoms. The van der Waals surface area contributed by atoms with Crippen molar-refractivity contribution in [2.45, 2.75) is 32.8 Å². The van der Waals surface area contributed by atoms with Crippen molar-refractivity contribution >= 4 is 5.97 Å². The average molecular weight is 208 g/mol. The molecule has 0 spiro atoms. The van der Waals surface area contributed by atoms with Crippen LogP contribution in [0.4, 0.5) is 0 Å². The third kappa shape index (κ3) is 4.02. The molecule has 1 aromatic rings. The van der Waals surface area contributed by atoms with E-state index in [4.69, 9.17) is 9.84 Å². The molecule has 0 bridgehead atoms. The molecular formula is C12H16O3. The summed E-state index contributed by atoms with van der Waals surface area (Å²) in [5.41, 5.74) is 0.415. The number of rotatable bonds is 4. The molecule has 0 fully saturated rings. The van der Waals surface area contributed by atoms with Crippen LogP contribution in [0, 0.1) is 6.92 Å². The molecule has 0 unspecified atom stereocenters. The fourth-order valence-corrected chi connectivity index (χ4v) is 1.40. The van der Waals surface area contributed by atoms with Crippen LogP contribution in [0.25, 0.3) is 0 Å². The number of aryl methyl sites for hydroxylation is 1. The van der Waals surface area contributed by atoms with Gasteiger partial charge in [0.15, 0.2) is 0 Å². The van der Waals surface area contributed by atoms with Gasteiger partial charge in [0.25, 0.3) is 0 Å². The highest BCUT2D eigenvalue weighted by molar-refractivity contribution is 5.68. The van der Waals surface area contributed by atoms with Gasteiger partial charge in [0, 0.05) is 0 Å². The van der Waals surface area contributed by atoms with Gasteiger partial charge in [0.2, 0.25) is 0 Å². The lowest BCUT2D eigenvalue weighted by molar-refractivity contribution is -0.140. The van der Waals surface area contributed by atoms with Crippen LogP contribution in [-0.2, 0) is 4.79 Å². The predicted molar refractivity (Wildman–Crippen MR) is 58.1 cm³/mol. The molecule has 0 atom stereocenters. The maximum absolute atomic E-state index is 10.6. The van der Waals surface area contributed by atoms with E-state index in [-0.39, 0.29) is 6.42 Å². The molecule has 0 aromatic heterocycles. The van der Waals surface area contributed by atoms with E-state index >= 15 is 0 Å². The van der Waals surface area contributed by atoms with Crippen molar-refractivity contribution in [3.8, 4) is 5.75 Å². The second-order valence-corrected chi connectivity index (χ2v) is 4.25. The fraction of sp³-hybridized carbons (Fsp3) is 0.417. The Balaban J connectivity index is 2.72. The zero-order valence-corrected chi connectivity index (χ0v) is 9.28. The molecule has 82 valence electrons. The first-order valence-electron chi connectivity index (χ1n) is 4.86. The number of hydrogen-bond acceptors (Lipinski definition) is 2. The van der Waals surface area contributed by atoms with Gasteiger partial charge in [0.05, 0.1) is 6.42 Å². The fourth-order valence-electron chi connectivity index (χ4n) is 1.40. The standard InChI is InChI=1S/C12H16O3/c1-9-5-4-6-10(7-9)15-12(2,3)8-11(13)14/h4-7H,8H2,1-3H3,(H,13,14). The van der Waals surface area contributed by atoms with E-state index in [1.807, 2.05) is 31.2 Å². The van der Waals surface area contributed by atoms with Crippen molar-refractivity contribution in [2.75, 3.05) is 0 Å². The largest absolute Gasteiger partial charge is 0.487 e. The zero-order valence-electron chi connectivity index (χ0n) is 9.28. The Morgan fingerprint density at radius 2 is 2.13 bits per heavy atom. The van der Waals surface area contributed by atoms with Crippen molar-refractivity contribution in [1.82, 2.24) is 0 Å². The van der Waals surface area contributed by atoms with E-state index in [1.165, 1.54) is 0 Å². The lowest BCUT2D eigenvalue weighted by Gasteiger charge is -2.24. The lowest BCUT2D eigenvalue weighted by Crippen LogP contribution is -2.31. The van der Waals surface area contributed by atoms with Gasteiger partial charge in [-0.1, -0.05) is 12.1 Å². The molecule has 0 saturated heterocycles. The van der Waals surface area contributed by atoms with Crippen LogP contribution in [-0.4, -0.2) is 16.7 Å². The minimum atomic E-state index is -0.854.